The van der Waals surface area contributed by atoms with Crippen LogP contribution in [-0.2, 0) is 0 Å². The fraction of sp³-hybridized carbons (Fsp3) is 1.00. The van der Waals surface area contributed by atoms with E-state index in [2.05, 4.69) is 35.1 Å². The quantitative estimate of drug-likeness (QED) is 0.751. The summed E-state index contributed by atoms with van der Waals surface area (Å²) in [6.07, 6.45) is 8.25. The van der Waals surface area contributed by atoms with Gasteiger partial charge in [-0.3, -0.25) is 0 Å². The van der Waals surface area contributed by atoms with E-state index in [1.807, 2.05) is 0 Å². The smallest absolute Gasteiger partial charge is 0.0135 e. The van der Waals surface area contributed by atoms with Crippen LogP contribution in [0, 0.1) is 0 Å². The van der Waals surface area contributed by atoms with Crippen molar-refractivity contribution in [2.45, 2.75) is 64.0 Å². The van der Waals surface area contributed by atoms with E-state index in [-0.39, 0.29) is 0 Å². The van der Waals surface area contributed by atoms with Crippen LogP contribution in [0.3, 0.4) is 0 Å². The van der Waals surface area contributed by atoms with Crippen molar-refractivity contribution in [2.75, 3.05) is 5.33 Å². The third-order valence-electron chi connectivity index (χ3n) is 2.92. The molecule has 0 aromatic carbocycles. The minimum atomic E-state index is 0.311. The van der Waals surface area contributed by atoms with Crippen LogP contribution < -0.4 is 5.32 Å². The second kappa shape index (κ2) is 5.35. The molecule has 0 bridgehead atoms. The van der Waals surface area contributed by atoms with Crippen LogP contribution >= 0.6 is 15.9 Å². The summed E-state index contributed by atoms with van der Waals surface area (Å²) in [6.45, 7) is 4.62. The van der Waals surface area contributed by atoms with Crippen LogP contribution in [-0.4, -0.2) is 16.9 Å². The van der Waals surface area contributed by atoms with Gasteiger partial charge in [0.25, 0.3) is 0 Å². The van der Waals surface area contributed by atoms with Gasteiger partial charge >= 0.3 is 0 Å². The third-order valence-corrected chi connectivity index (χ3v) is 3.32. The highest BCUT2D eigenvalue weighted by Crippen LogP contribution is 2.21. The number of nitrogens with one attached hydrogen (secondary N) is 1. The zero-order valence-corrected chi connectivity index (χ0v) is 10.5. The highest BCUT2D eigenvalue weighted by molar-refractivity contribution is 9.09. The molecule has 0 spiro atoms. The summed E-state index contributed by atoms with van der Waals surface area (Å²) in [6, 6.07) is 0.780. The molecule has 0 amide bonds. The van der Waals surface area contributed by atoms with Gasteiger partial charge in [-0.1, -0.05) is 35.2 Å². The van der Waals surface area contributed by atoms with Gasteiger partial charge < -0.3 is 5.32 Å². The highest BCUT2D eigenvalue weighted by atomic mass is 79.9. The number of hydrogen-bond acceptors (Lipinski definition) is 1. The van der Waals surface area contributed by atoms with Crippen molar-refractivity contribution >= 4 is 15.9 Å². The summed E-state index contributed by atoms with van der Waals surface area (Å²) >= 11 is 3.51. The van der Waals surface area contributed by atoms with Gasteiger partial charge in [-0.2, -0.15) is 0 Å². The second-order valence-corrected chi connectivity index (χ2v) is 5.60. The van der Waals surface area contributed by atoms with Crippen LogP contribution in [0.15, 0.2) is 0 Å². The van der Waals surface area contributed by atoms with Gasteiger partial charge in [-0.15, -0.1) is 0 Å². The van der Waals surface area contributed by atoms with E-state index in [1.165, 1.54) is 38.5 Å². The van der Waals surface area contributed by atoms with Crippen molar-refractivity contribution in [3.8, 4) is 0 Å². The van der Waals surface area contributed by atoms with Gasteiger partial charge in [0.15, 0.2) is 0 Å². The van der Waals surface area contributed by atoms with Crippen LogP contribution in [0.4, 0.5) is 0 Å². The lowest BCUT2D eigenvalue weighted by Crippen LogP contribution is -2.46. The Morgan fingerprint density at radius 1 is 1.23 bits per heavy atom. The number of hydrogen-bond donors (Lipinski definition) is 1. The molecular formula is C11H22BrN. The van der Waals surface area contributed by atoms with Crippen LogP contribution in [0.2, 0.25) is 0 Å². The van der Waals surface area contributed by atoms with E-state index in [4.69, 9.17) is 0 Å². The van der Waals surface area contributed by atoms with Gasteiger partial charge in [0, 0.05) is 16.9 Å². The molecule has 0 heterocycles. The average Bonchev–Trinajstić information content (AvgIpc) is 2.04. The number of rotatable bonds is 4. The number of halogens is 1. The van der Waals surface area contributed by atoms with Gasteiger partial charge in [-0.05, 0) is 33.1 Å². The molecule has 0 saturated heterocycles. The molecule has 1 fully saturated rings. The van der Waals surface area contributed by atoms with Crippen molar-refractivity contribution < 1.29 is 0 Å². The maximum atomic E-state index is 3.77. The van der Waals surface area contributed by atoms with E-state index >= 15 is 0 Å². The molecule has 1 N–H and O–H groups in total. The molecule has 0 atom stereocenters. The second-order valence-electron chi connectivity index (χ2n) is 4.80. The van der Waals surface area contributed by atoms with Crippen molar-refractivity contribution in [1.29, 1.82) is 0 Å². The van der Waals surface area contributed by atoms with E-state index in [0.717, 1.165) is 11.4 Å². The van der Waals surface area contributed by atoms with E-state index in [0.29, 0.717) is 5.54 Å². The molecule has 1 aliphatic carbocycles. The predicted molar refractivity (Wildman–Crippen MR) is 62.5 cm³/mol. The topological polar surface area (TPSA) is 12.0 Å². The van der Waals surface area contributed by atoms with Crippen LogP contribution in [0.1, 0.15) is 52.4 Å². The summed E-state index contributed by atoms with van der Waals surface area (Å²) in [5, 5.41) is 4.86. The lowest BCUT2D eigenvalue weighted by Gasteiger charge is -2.33. The molecule has 1 rings (SSSR count). The van der Waals surface area contributed by atoms with Gasteiger partial charge in [0.05, 0.1) is 0 Å². The summed E-state index contributed by atoms with van der Waals surface area (Å²) in [4.78, 5) is 0. The predicted octanol–water partition coefficient (Wildman–Crippen LogP) is 3.47. The molecule has 0 radical (unpaired) electrons. The third kappa shape index (κ3) is 4.46. The molecular weight excluding hydrogens is 226 g/mol. The van der Waals surface area contributed by atoms with Gasteiger partial charge in [-0.25, -0.2) is 0 Å². The summed E-state index contributed by atoms with van der Waals surface area (Å²) in [5.74, 6) is 0. The Bertz CT molecular complexity index is 139. The Balaban J connectivity index is 2.28. The normalized spacial score (nSPS) is 20.5. The lowest BCUT2D eigenvalue weighted by atomic mass is 9.92. The zero-order valence-electron chi connectivity index (χ0n) is 8.91. The van der Waals surface area contributed by atoms with Crippen LogP contribution in [0.5, 0.6) is 0 Å². The van der Waals surface area contributed by atoms with Crippen molar-refractivity contribution in [2.24, 2.45) is 0 Å². The maximum Gasteiger partial charge on any atom is 0.0135 e. The van der Waals surface area contributed by atoms with Gasteiger partial charge in [0.2, 0.25) is 0 Å². The SMILES string of the molecule is CC(C)(CCBr)NC1CCCCC1. The molecule has 0 unspecified atom stereocenters. The molecule has 1 saturated carbocycles. The Labute approximate surface area is 90.8 Å². The van der Waals surface area contributed by atoms with Gasteiger partial charge in [0.1, 0.15) is 0 Å². The molecule has 0 aromatic rings. The summed E-state index contributed by atoms with van der Waals surface area (Å²) < 4.78 is 0. The molecule has 1 aliphatic rings. The van der Waals surface area contributed by atoms with E-state index < -0.39 is 0 Å². The highest BCUT2D eigenvalue weighted by Gasteiger charge is 2.22. The fourth-order valence-electron chi connectivity index (χ4n) is 2.11. The monoisotopic (exact) mass is 247 g/mol. The molecule has 0 aliphatic heterocycles. The van der Waals surface area contributed by atoms with Crippen molar-refractivity contribution in [1.82, 2.24) is 5.32 Å². The van der Waals surface area contributed by atoms with Crippen molar-refractivity contribution in [3.05, 3.63) is 0 Å². The molecule has 78 valence electrons. The fourth-order valence-corrected chi connectivity index (χ4v) is 3.10. The minimum Gasteiger partial charge on any atom is -0.309 e. The first-order valence-electron chi connectivity index (χ1n) is 5.48. The number of alkyl halides is 1. The Morgan fingerprint density at radius 2 is 1.85 bits per heavy atom. The molecule has 13 heavy (non-hydrogen) atoms. The summed E-state index contributed by atoms with van der Waals surface area (Å²) in [5.41, 5.74) is 0.311. The van der Waals surface area contributed by atoms with E-state index in [1.54, 1.807) is 0 Å². The first-order valence-corrected chi connectivity index (χ1v) is 6.60. The van der Waals surface area contributed by atoms with Crippen LogP contribution in [0.25, 0.3) is 0 Å². The standard InChI is InChI=1S/C11H22BrN/c1-11(2,8-9-12)13-10-6-4-3-5-7-10/h10,13H,3-9H2,1-2H3. The van der Waals surface area contributed by atoms with Crippen molar-refractivity contribution in [3.63, 3.8) is 0 Å². The minimum absolute atomic E-state index is 0.311. The maximum absolute atomic E-state index is 3.77. The average molecular weight is 248 g/mol. The largest absolute Gasteiger partial charge is 0.309 e. The molecule has 0 aromatic heterocycles. The molecule has 2 heteroatoms. The first kappa shape index (κ1) is 11.5. The first-order chi connectivity index (χ1) is 6.14. The Morgan fingerprint density at radius 3 is 2.38 bits per heavy atom. The zero-order chi connectivity index (χ0) is 9.73. The Hall–Kier alpha value is 0.440. The Kier molecular flexibility index (Phi) is 4.74. The summed E-state index contributed by atoms with van der Waals surface area (Å²) in [7, 11) is 0. The lowest BCUT2D eigenvalue weighted by molar-refractivity contribution is 0.275. The molecule has 1 nitrogen and oxygen atoms in total. The van der Waals surface area contributed by atoms with E-state index in [9.17, 15) is 0 Å².